The molecule has 12 heavy (non-hydrogen) atoms. The largest absolute Gasteiger partial charge is 0.340 e. The zero-order valence-electron chi connectivity index (χ0n) is 7.96. The third-order valence-corrected chi connectivity index (χ3v) is 2.13. The van der Waals surface area contributed by atoms with E-state index in [2.05, 4.69) is 49.5 Å². The minimum atomic E-state index is 0.603. The lowest BCUT2D eigenvalue weighted by Crippen LogP contribution is -2.84. The molecule has 1 nitrogen and oxygen atoms in total. The van der Waals surface area contributed by atoms with Crippen molar-refractivity contribution in [3.8, 4) is 0 Å². The molecule has 66 valence electrons. The zero-order chi connectivity index (χ0) is 8.81. The molecule has 1 heteroatoms. The quantitative estimate of drug-likeness (QED) is 0.698. The van der Waals surface area contributed by atoms with Crippen LogP contribution in [0.3, 0.4) is 0 Å². The molecule has 2 N–H and O–H groups in total. The summed E-state index contributed by atoms with van der Waals surface area (Å²) in [4.78, 5) is 0. The maximum Gasteiger partial charge on any atom is 0.109 e. The van der Waals surface area contributed by atoms with Crippen molar-refractivity contribution in [3.63, 3.8) is 0 Å². The van der Waals surface area contributed by atoms with Crippen molar-refractivity contribution in [1.29, 1.82) is 0 Å². The van der Waals surface area contributed by atoms with Gasteiger partial charge >= 0.3 is 0 Å². The van der Waals surface area contributed by atoms with Crippen molar-refractivity contribution in [2.45, 2.75) is 26.3 Å². The van der Waals surface area contributed by atoms with Gasteiger partial charge in [-0.1, -0.05) is 37.3 Å². The van der Waals surface area contributed by atoms with Crippen molar-refractivity contribution >= 4 is 0 Å². The first-order chi connectivity index (χ1) is 5.84. The average molecular weight is 164 g/mol. The third-order valence-electron chi connectivity index (χ3n) is 2.13. The van der Waals surface area contributed by atoms with Gasteiger partial charge in [-0.15, -0.1) is 0 Å². The van der Waals surface area contributed by atoms with Gasteiger partial charge in [-0.3, -0.25) is 0 Å². The summed E-state index contributed by atoms with van der Waals surface area (Å²) < 4.78 is 0. The molecule has 0 spiro atoms. The lowest BCUT2D eigenvalue weighted by atomic mass is 10.1. The Kier molecular flexibility index (Phi) is 3.81. The van der Waals surface area contributed by atoms with Crippen LogP contribution in [0.5, 0.6) is 0 Å². The summed E-state index contributed by atoms with van der Waals surface area (Å²) in [5, 5.41) is 2.38. The molecule has 0 unspecified atom stereocenters. The smallest absolute Gasteiger partial charge is 0.109 e. The van der Waals surface area contributed by atoms with Crippen LogP contribution in [0.15, 0.2) is 30.3 Å². The maximum atomic E-state index is 2.38. The van der Waals surface area contributed by atoms with Crippen LogP contribution in [0.2, 0.25) is 0 Å². The third kappa shape index (κ3) is 2.67. The molecule has 0 bridgehead atoms. The molecule has 0 aliphatic carbocycles. The Hall–Kier alpha value is -0.820. The van der Waals surface area contributed by atoms with Gasteiger partial charge in [0.1, 0.15) is 6.04 Å². The number of hydrogen-bond donors (Lipinski definition) is 1. The van der Waals surface area contributed by atoms with Crippen LogP contribution in [0.4, 0.5) is 0 Å². The van der Waals surface area contributed by atoms with E-state index < -0.39 is 0 Å². The molecule has 0 amide bonds. The predicted molar refractivity (Wildman–Crippen MR) is 51.9 cm³/mol. The number of benzene rings is 1. The monoisotopic (exact) mass is 164 g/mol. The van der Waals surface area contributed by atoms with E-state index in [4.69, 9.17) is 0 Å². The predicted octanol–water partition coefficient (Wildman–Crippen LogP) is 1.72. The second-order valence-electron chi connectivity index (χ2n) is 3.22. The minimum Gasteiger partial charge on any atom is -0.340 e. The zero-order valence-corrected chi connectivity index (χ0v) is 7.96. The second-order valence-corrected chi connectivity index (χ2v) is 3.22. The van der Waals surface area contributed by atoms with E-state index in [9.17, 15) is 0 Å². The lowest BCUT2D eigenvalue weighted by molar-refractivity contribution is -0.692. The summed E-state index contributed by atoms with van der Waals surface area (Å²) in [7, 11) is 0. The molecule has 1 aromatic carbocycles. The van der Waals surface area contributed by atoms with Crippen molar-refractivity contribution in [3.05, 3.63) is 35.9 Å². The second kappa shape index (κ2) is 4.94. The molecular weight excluding hydrogens is 146 g/mol. The summed E-state index contributed by atoms with van der Waals surface area (Å²) in [6, 6.07) is 11.3. The van der Waals surface area contributed by atoms with E-state index in [1.54, 1.807) is 0 Å². The van der Waals surface area contributed by atoms with Crippen LogP contribution >= 0.6 is 0 Å². The Labute approximate surface area is 74.8 Å². The summed E-state index contributed by atoms with van der Waals surface area (Å²) in [6.45, 7) is 5.69. The minimum absolute atomic E-state index is 0.603. The highest BCUT2D eigenvalue weighted by molar-refractivity contribution is 5.16. The van der Waals surface area contributed by atoms with Gasteiger partial charge in [0, 0.05) is 5.56 Å². The molecule has 0 aromatic heterocycles. The number of rotatable bonds is 4. The van der Waals surface area contributed by atoms with Crippen LogP contribution in [-0.4, -0.2) is 6.54 Å². The van der Waals surface area contributed by atoms with Gasteiger partial charge in [-0.2, -0.15) is 0 Å². The highest BCUT2D eigenvalue weighted by Crippen LogP contribution is 2.05. The Morgan fingerprint density at radius 1 is 1.25 bits per heavy atom. The number of hydrogen-bond acceptors (Lipinski definition) is 0. The highest BCUT2D eigenvalue weighted by Gasteiger charge is 2.04. The van der Waals surface area contributed by atoms with Gasteiger partial charge in [0.2, 0.25) is 0 Å². The van der Waals surface area contributed by atoms with Gasteiger partial charge in [0.25, 0.3) is 0 Å². The number of quaternary nitrogens is 1. The van der Waals surface area contributed by atoms with E-state index in [1.807, 2.05) is 0 Å². The SMILES string of the molecule is CCC[NH2+][C@H](C)c1ccccc1. The Morgan fingerprint density at radius 3 is 2.50 bits per heavy atom. The first kappa shape index (κ1) is 9.27. The van der Waals surface area contributed by atoms with Crippen LogP contribution in [0.25, 0.3) is 0 Å². The van der Waals surface area contributed by atoms with Crippen LogP contribution in [-0.2, 0) is 0 Å². The number of nitrogens with two attached hydrogens (primary N) is 1. The molecular formula is C11H18N+. The molecule has 1 aromatic rings. The van der Waals surface area contributed by atoms with Crippen molar-refractivity contribution in [1.82, 2.24) is 0 Å². The molecule has 0 fully saturated rings. The molecule has 0 saturated heterocycles. The first-order valence-corrected chi connectivity index (χ1v) is 4.73. The normalized spacial score (nSPS) is 12.8. The van der Waals surface area contributed by atoms with Crippen LogP contribution < -0.4 is 5.32 Å². The van der Waals surface area contributed by atoms with Gasteiger partial charge in [0.05, 0.1) is 6.54 Å². The molecule has 0 aliphatic heterocycles. The van der Waals surface area contributed by atoms with Crippen molar-refractivity contribution in [2.24, 2.45) is 0 Å². The highest BCUT2D eigenvalue weighted by atomic mass is 14.9. The van der Waals surface area contributed by atoms with E-state index >= 15 is 0 Å². The van der Waals surface area contributed by atoms with Gasteiger partial charge in [-0.05, 0) is 13.3 Å². The molecule has 0 saturated carbocycles. The average Bonchev–Trinajstić information content (AvgIpc) is 2.15. The fraction of sp³-hybridized carbons (Fsp3) is 0.455. The molecule has 0 radical (unpaired) electrons. The lowest BCUT2D eigenvalue weighted by Gasteiger charge is -2.09. The van der Waals surface area contributed by atoms with Gasteiger partial charge in [0.15, 0.2) is 0 Å². The summed E-state index contributed by atoms with van der Waals surface area (Å²) in [5.41, 5.74) is 1.42. The molecule has 1 rings (SSSR count). The van der Waals surface area contributed by atoms with Gasteiger partial charge in [-0.25, -0.2) is 0 Å². The molecule has 1 atom stereocenters. The van der Waals surface area contributed by atoms with Crippen LogP contribution in [0.1, 0.15) is 31.9 Å². The Bertz CT molecular complexity index is 206. The molecule has 0 aliphatic rings. The summed E-state index contributed by atoms with van der Waals surface area (Å²) in [6.07, 6.45) is 1.25. The fourth-order valence-electron chi connectivity index (χ4n) is 1.31. The maximum absolute atomic E-state index is 2.38. The first-order valence-electron chi connectivity index (χ1n) is 4.73. The van der Waals surface area contributed by atoms with E-state index in [-0.39, 0.29) is 0 Å². The van der Waals surface area contributed by atoms with Crippen molar-refractivity contribution < 1.29 is 5.32 Å². The van der Waals surface area contributed by atoms with Crippen molar-refractivity contribution in [2.75, 3.05) is 6.54 Å². The van der Waals surface area contributed by atoms with E-state index in [1.165, 1.54) is 18.5 Å². The molecule has 0 heterocycles. The standard InChI is InChI=1S/C11H17N/c1-3-9-12-10(2)11-7-5-4-6-8-11/h4-8,10,12H,3,9H2,1-2H3/p+1/t10-/m1/s1. The fourth-order valence-corrected chi connectivity index (χ4v) is 1.31. The summed E-state index contributed by atoms with van der Waals surface area (Å²) >= 11 is 0. The van der Waals surface area contributed by atoms with E-state index in [0.29, 0.717) is 6.04 Å². The Morgan fingerprint density at radius 2 is 1.92 bits per heavy atom. The summed E-state index contributed by atoms with van der Waals surface area (Å²) in [5.74, 6) is 0. The van der Waals surface area contributed by atoms with Gasteiger partial charge < -0.3 is 5.32 Å². The van der Waals surface area contributed by atoms with Crippen LogP contribution in [0, 0.1) is 0 Å². The topological polar surface area (TPSA) is 16.6 Å². The Balaban J connectivity index is 2.48. The van der Waals surface area contributed by atoms with E-state index in [0.717, 1.165) is 0 Å².